The molecule has 0 aliphatic carbocycles. The molecule has 0 radical (unpaired) electrons. The Kier molecular flexibility index (Phi) is 7.83. The summed E-state index contributed by atoms with van der Waals surface area (Å²) >= 11 is 0. The van der Waals surface area contributed by atoms with Crippen molar-refractivity contribution in [2.75, 3.05) is 27.4 Å². The summed E-state index contributed by atoms with van der Waals surface area (Å²) in [5.41, 5.74) is 0. The van der Waals surface area contributed by atoms with Crippen LogP contribution in [0.5, 0.6) is 0 Å². The number of hydrogen-bond acceptors (Lipinski definition) is 4. The van der Waals surface area contributed by atoms with Crippen molar-refractivity contribution in [3.63, 3.8) is 0 Å². The molecule has 0 saturated carbocycles. The minimum absolute atomic E-state index is 0.0648. The summed E-state index contributed by atoms with van der Waals surface area (Å²) in [6.07, 6.45) is 0.991. The molecular formula is C7H16O4. The van der Waals surface area contributed by atoms with Gasteiger partial charge in [-0.2, -0.15) is 0 Å². The Balaban J connectivity index is 0.000000183. The van der Waals surface area contributed by atoms with Gasteiger partial charge < -0.3 is 9.47 Å². The van der Waals surface area contributed by atoms with Crippen LogP contribution >= 0.6 is 0 Å². The summed E-state index contributed by atoms with van der Waals surface area (Å²) in [6, 6.07) is 0. The topological polar surface area (TPSA) is 36.9 Å². The highest BCUT2D eigenvalue weighted by atomic mass is 17.2. The molecule has 0 aromatic rings. The van der Waals surface area contributed by atoms with E-state index < -0.39 is 0 Å². The van der Waals surface area contributed by atoms with E-state index in [2.05, 4.69) is 19.2 Å². The van der Waals surface area contributed by atoms with Crippen molar-refractivity contribution in [2.45, 2.75) is 19.6 Å². The van der Waals surface area contributed by atoms with E-state index >= 15 is 0 Å². The van der Waals surface area contributed by atoms with Crippen LogP contribution in [0.15, 0.2) is 0 Å². The number of methoxy groups -OCH3 is 2. The zero-order valence-electron chi connectivity index (χ0n) is 7.33. The molecule has 11 heavy (non-hydrogen) atoms. The van der Waals surface area contributed by atoms with Gasteiger partial charge in [0.05, 0.1) is 13.2 Å². The second-order valence-electron chi connectivity index (χ2n) is 2.04. The van der Waals surface area contributed by atoms with Gasteiger partial charge in [-0.3, -0.25) is 0 Å². The Labute approximate surface area is 67.3 Å². The fraction of sp³-hybridized carbons (Fsp3) is 1.00. The zero-order valence-corrected chi connectivity index (χ0v) is 7.33. The van der Waals surface area contributed by atoms with Gasteiger partial charge in [0, 0.05) is 20.6 Å². The van der Waals surface area contributed by atoms with E-state index in [1.165, 1.54) is 0 Å². The maximum Gasteiger partial charge on any atom is 0.154 e. The molecule has 4 nitrogen and oxygen atoms in total. The van der Waals surface area contributed by atoms with Gasteiger partial charge in [-0.25, -0.2) is 9.78 Å². The summed E-state index contributed by atoms with van der Waals surface area (Å²) in [5, 5.41) is 0. The average Bonchev–Trinajstić information content (AvgIpc) is 2.60. The van der Waals surface area contributed by atoms with Gasteiger partial charge in [0.15, 0.2) is 6.29 Å². The van der Waals surface area contributed by atoms with Gasteiger partial charge >= 0.3 is 0 Å². The molecule has 0 N–H and O–H groups in total. The molecule has 0 aromatic carbocycles. The van der Waals surface area contributed by atoms with E-state index in [1.807, 2.05) is 6.92 Å². The number of rotatable bonds is 2. The van der Waals surface area contributed by atoms with E-state index in [9.17, 15) is 0 Å². The van der Waals surface area contributed by atoms with Crippen LogP contribution in [0.25, 0.3) is 0 Å². The highest BCUT2D eigenvalue weighted by Gasteiger charge is 1.95. The monoisotopic (exact) mass is 164 g/mol. The molecule has 1 aliphatic rings. The first kappa shape index (κ1) is 10.8. The zero-order chi connectivity index (χ0) is 8.53. The normalized spacial score (nSPS) is 16.4. The lowest BCUT2D eigenvalue weighted by Crippen LogP contribution is -2.05. The molecule has 0 amide bonds. The van der Waals surface area contributed by atoms with Crippen molar-refractivity contribution >= 4 is 0 Å². The molecule has 0 spiro atoms. The molecular weight excluding hydrogens is 148 g/mol. The maximum atomic E-state index is 4.68. The van der Waals surface area contributed by atoms with Crippen molar-refractivity contribution in [1.82, 2.24) is 0 Å². The van der Waals surface area contributed by atoms with Gasteiger partial charge in [0.2, 0.25) is 0 Å². The number of ether oxygens (including phenoxy) is 2. The Morgan fingerprint density at radius 1 is 1.09 bits per heavy atom. The molecule has 1 aliphatic heterocycles. The van der Waals surface area contributed by atoms with Crippen LogP contribution in [0.4, 0.5) is 0 Å². The highest BCUT2D eigenvalue weighted by molar-refractivity contribution is 4.31. The van der Waals surface area contributed by atoms with Crippen LogP contribution in [0.1, 0.15) is 13.3 Å². The quantitative estimate of drug-likeness (QED) is 0.450. The third-order valence-corrected chi connectivity index (χ3v) is 1.20. The van der Waals surface area contributed by atoms with E-state index in [-0.39, 0.29) is 6.29 Å². The molecule has 1 fully saturated rings. The Bertz CT molecular complexity index is 61.2. The van der Waals surface area contributed by atoms with E-state index in [4.69, 9.17) is 0 Å². The Hall–Kier alpha value is -0.160. The molecule has 1 heterocycles. The second kappa shape index (κ2) is 7.94. The predicted octanol–water partition coefficient (Wildman–Crippen LogP) is 0.964. The summed E-state index contributed by atoms with van der Waals surface area (Å²) in [7, 11) is 3.21. The highest BCUT2D eigenvalue weighted by Crippen LogP contribution is 1.93. The molecule has 0 aromatic heterocycles. The standard InChI is InChI=1S/C4H10O2.C3H6O2/c1-4(5-2)6-3;1-2-4-5-3-1/h4H,1-3H3;1-3H2. The Morgan fingerprint density at radius 3 is 1.64 bits per heavy atom. The lowest BCUT2D eigenvalue weighted by Gasteiger charge is -2.03. The van der Waals surface area contributed by atoms with Gasteiger partial charge in [0.25, 0.3) is 0 Å². The molecule has 0 bridgehead atoms. The lowest BCUT2D eigenvalue weighted by molar-refractivity contribution is -0.248. The first-order chi connectivity index (χ1) is 5.31. The van der Waals surface area contributed by atoms with Crippen molar-refractivity contribution in [3.8, 4) is 0 Å². The van der Waals surface area contributed by atoms with E-state index in [0.29, 0.717) is 0 Å². The fourth-order valence-electron chi connectivity index (χ4n) is 0.391. The molecule has 0 atom stereocenters. The van der Waals surface area contributed by atoms with Crippen LogP contribution in [0.3, 0.4) is 0 Å². The summed E-state index contributed by atoms with van der Waals surface area (Å²) in [5.74, 6) is 0. The first-order valence-corrected chi connectivity index (χ1v) is 3.61. The van der Waals surface area contributed by atoms with Crippen molar-refractivity contribution in [2.24, 2.45) is 0 Å². The minimum Gasteiger partial charge on any atom is -0.356 e. The van der Waals surface area contributed by atoms with Crippen LogP contribution in [0, 0.1) is 0 Å². The average molecular weight is 164 g/mol. The fourth-order valence-corrected chi connectivity index (χ4v) is 0.391. The lowest BCUT2D eigenvalue weighted by atomic mass is 10.5. The third kappa shape index (κ3) is 7.74. The SMILES string of the molecule is C1COOC1.COC(C)OC. The van der Waals surface area contributed by atoms with Crippen molar-refractivity contribution in [1.29, 1.82) is 0 Å². The van der Waals surface area contributed by atoms with Gasteiger partial charge in [-0.1, -0.05) is 0 Å². The molecule has 0 unspecified atom stereocenters. The second-order valence-corrected chi connectivity index (χ2v) is 2.04. The predicted molar refractivity (Wildman–Crippen MR) is 40.0 cm³/mol. The van der Waals surface area contributed by atoms with Crippen molar-refractivity contribution in [3.05, 3.63) is 0 Å². The summed E-state index contributed by atoms with van der Waals surface area (Å²) in [6.45, 7) is 3.39. The van der Waals surface area contributed by atoms with Crippen LogP contribution in [-0.4, -0.2) is 33.7 Å². The Morgan fingerprint density at radius 2 is 1.55 bits per heavy atom. The smallest absolute Gasteiger partial charge is 0.154 e. The first-order valence-electron chi connectivity index (χ1n) is 3.61. The molecule has 1 saturated heterocycles. The minimum atomic E-state index is -0.0648. The van der Waals surface area contributed by atoms with Crippen molar-refractivity contribution < 1.29 is 19.2 Å². The summed E-state index contributed by atoms with van der Waals surface area (Å²) in [4.78, 5) is 8.89. The largest absolute Gasteiger partial charge is 0.356 e. The van der Waals surface area contributed by atoms with Crippen LogP contribution in [-0.2, 0) is 19.2 Å². The van der Waals surface area contributed by atoms with Crippen LogP contribution in [0.2, 0.25) is 0 Å². The van der Waals surface area contributed by atoms with Gasteiger partial charge in [-0.05, 0) is 6.92 Å². The third-order valence-electron chi connectivity index (χ3n) is 1.20. The van der Waals surface area contributed by atoms with E-state index in [1.54, 1.807) is 14.2 Å². The molecule has 68 valence electrons. The maximum absolute atomic E-state index is 4.68. The van der Waals surface area contributed by atoms with Gasteiger partial charge in [-0.15, -0.1) is 0 Å². The van der Waals surface area contributed by atoms with E-state index in [0.717, 1.165) is 19.6 Å². The molecule has 4 heteroatoms. The molecule has 1 rings (SSSR count). The van der Waals surface area contributed by atoms with Crippen LogP contribution < -0.4 is 0 Å². The summed E-state index contributed by atoms with van der Waals surface area (Å²) < 4.78 is 9.35. The van der Waals surface area contributed by atoms with Gasteiger partial charge in [0.1, 0.15) is 0 Å². The number of hydrogen-bond donors (Lipinski definition) is 0.